The van der Waals surface area contributed by atoms with Crippen LogP contribution >= 0.6 is 0 Å². The molecule has 8 fully saturated rings. The third-order valence-electron chi connectivity index (χ3n) is 33.9. The number of aliphatic hydroxyl groups excluding tert-OH is 1. The molecule has 4 saturated carbocycles. The van der Waals surface area contributed by atoms with Crippen LogP contribution in [-0.2, 0) is 98.8 Å². The Hall–Kier alpha value is -8.70. The van der Waals surface area contributed by atoms with Crippen LogP contribution in [0.1, 0.15) is 243 Å². The Morgan fingerprint density at radius 3 is 1.11 bits per heavy atom. The van der Waals surface area contributed by atoms with Crippen molar-refractivity contribution in [2.24, 2.45) is 33.5 Å². The van der Waals surface area contributed by atoms with Crippen molar-refractivity contribution in [2.75, 3.05) is 13.2 Å². The Morgan fingerprint density at radius 2 is 0.799 bits per heavy atom. The molecule has 4 heterocycles. The molecule has 4 aromatic carbocycles. The molecule has 0 spiro atoms. The number of alkyl carbamates (subject to hydrolysis) is 2. The van der Waals surface area contributed by atoms with E-state index in [0.29, 0.717) is 64.4 Å². The van der Waals surface area contributed by atoms with Gasteiger partial charge in [-0.25, -0.2) is 28.8 Å². The van der Waals surface area contributed by atoms with Gasteiger partial charge in [0.2, 0.25) is 0 Å². The van der Waals surface area contributed by atoms with Crippen molar-refractivity contribution in [3.63, 3.8) is 0 Å². The lowest BCUT2D eigenvalue weighted by atomic mass is 9.44. The van der Waals surface area contributed by atoms with Crippen molar-refractivity contribution in [2.45, 2.75) is 397 Å². The number of ether oxygens (including phenoxy) is 14. The number of aliphatic hydroxyl groups is 3. The Bertz CT molecular complexity index is 5290. The van der Waals surface area contributed by atoms with E-state index in [1.807, 2.05) is 78.8 Å². The molecule has 4 bridgehead atoms. The van der Waals surface area contributed by atoms with E-state index in [0.717, 1.165) is 36.3 Å². The van der Waals surface area contributed by atoms with Crippen LogP contribution in [0.3, 0.4) is 0 Å². The maximum atomic E-state index is 15.7. The molecular weight excluding hydrogens is 1900 g/mol. The number of halogens is 1. The highest BCUT2D eigenvalue weighted by molar-refractivity contribution is 6.74. The first-order chi connectivity index (χ1) is 67.3. The van der Waals surface area contributed by atoms with Crippen LogP contribution in [0.15, 0.2) is 169 Å². The molecular formula is C110H157FN2O28Si3. The van der Waals surface area contributed by atoms with Crippen LogP contribution < -0.4 is 10.6 Å². The van der Waals surface area contributed by atoms with E-state index in [4.69, 9.17) is 79.6 Å². The summed E-state index contributed by atoms with van der Waals surface area (Å²) in [4.78, 5) is 114. The van der Waals surface area contributed by atoms with E-state index in [1.54, 1.807) is 152 Å². The molecule has 144 heavy (non-hydrogen) atoms. The Morgan fingerprint density at radius 1 is 0.472 bits per heavy atom. The summed E-state index contributed by atoms with van der Waals surface area (Å²) in [7, 11) is -7.67. The Labute approximate surface area is 851 Å². The van der Waals surface area contributed by atoms with Gasteiger partial charge in [-0.15, -0.1) is 0 Å². The topological polar surface area (TPSA) is 378 Å². The average Bonchev–Trinajstić information content (AvgIpc) is 1.13. The number of amides is 2. The van der Waals surface area contributed by atoms with Crippen molar-refractivity contribution in [3.05, 3.63) is 191 Å². The first-order valence-corrected chi connectivity index (χ1v) is 59.0. The molecule has 5 N–H and O–H groups in total. The summed E-state index contributed by atoms with van der Waals surface area (Å²) in [6.45, 7) is 55.2. The number of benzene rings is 4. The van der Waals surface area contributed by atoms with Crippen LogP contribution in [0, 0.1) is 33.5 Å². The monoisotopic (exact) mass is 2060 g/mol. The van der Waals surface area contributed by atoms with E-state index in [9.17, 15) is 44.1 Å². The average molecular weight is 2060 g/mol. The number of fused-ring (bicyclic) bond motifs is 16. The van der Waals surface area contributed by atoms with E-state index >= 15 is 9.59 Å². The van der Waals surface area contributed by atoms with Crippen molar-refractivity contribution >= 4 is 73.0 Å². The number of hydrogen-bond acceptors (Lipinski definition) is 28. The molecule has 26 atom stereocenters. The zero-order valence-corrected chi connectivity index (χ0v) is 91.7. The van der Waals surface area contributed by atoms with Gasteiger partial charge < -0.3 is 106 Å². The van der Waals surface area contributed by atoms with Gasteiger partial charge in [-0.1, -0.05) is 214 Å². The van der Waals surface area contributed by atoms with Crippen molar-refractivity contribution in [1.82, 2.24) is 10.6 Å². The third-order valence-corrected chi connectivity index (χ3v) is 47.8. The second-order valence-corrected chi connectivity index (χ2v) is 58.4. The summed E-state index contributed by atoms with van der Waals surface area (Å²) < 4.78 is 115. The van der Waals surface area contributed by atoms with Crippen molar-refractivity contribution < 1.29 is 138 Å². The number of carbonyl (C=O) groups is 8. The molecule has 30 nitrogen and oxygen atoms in total. The highest BCUT2D eigenvalue weighted by atomic mass is 28.4. The van der Waals surface area contributed by atoms with Crippen LogP contribution in [0.25, 0.3) is 0 Å². The summed E-state index contributed by atoms with van der Waals surface area (Å²) >= 11 is 0. The first kappa shape index (κ1) is 114. The van der Waals surface area contributed by atoms with Gasteiger partial charge in [0.25, 0.3) is 0 Å². The molecule has 2 amide bonds. The summed E-state index contributed by atoms with van der Waals surface area (Å²) in [5.74, 6) is -6.70. The fourth-order valence-corrected chi connectivity index (χ4v) is 34.0. The summed E-state index contributed by atoms with van der Waals surface area (Å²) in [6, 6.07) is 39.1. The van der Waals surface area contributed by atoms with E-state index in [1.165, 1.54) is 13.8 Å². The van der Waals surface area contributed by atoms with E-state index in [2.05, 4.69) is 86.1 Å². The molecule has 4 aromatic rings. The number of rotatable bonds is 33. The normalized spacial score (nSPS) is 32.5. The zero-order chi connectivity index (χ0) is 105. The molecule has 4 saturated heterocycles. The molecule has 6 aliphatic carbocycles. The number of nitrogens with one attached hydrogen (secondary N) is 2. The highest BCUT2D eigenvalue weighted by Crippen LogP contribution is 2.71. The minimum absolute atomic E-state index is 0. The minimum Gasteiger partial charge on any atom is -0.456 e. The lowest BCUT2D eigenvalue weighted by Gasteiger charge is -2.69. The quantitative estimate of drug-likeness (QED) is 0.0128. The van der Waals surface area contributed by atoms with Crippen molar-refractivity contribution in [1.29, 1.82) is 0 Å². The van der Waals surface area contributed by atoms with Gasteiger partial charge in [-0.05, 0) is 180 Å². The second-order valence-electron chi connectivity index (χ2n) is 44.2. The fraction of sp³-hybridized carbons (Fsp3) is 0.636. The fourth-order valence-electron chi connectivity index (χ4n) is 25.3. The molecule has 34 heteroatoms. The second kappa shape index (κ2) is 43.8. The van der Waals surface area contributed by atoms with Crippen LogP contribution in [-0.4, -0.2) is 233 Å². The Kier molecular flexibility index (Phi) is 34.7. The van der Waals surface area contributed by atoms with Gasteiger partial charge in [0.15, 0.2) is 60.9 Å². The number of hydrogen-bond donors (Lipinski definition) is 5. The maximum absolute atomic E-state index is 15.7. The minimum atomic E-state index is -2.70. The van der Waals surface area contributed by atoms with Gasteiger partial charge in [-0.3, -0.25) is 14.3 Å². The lowest BCUT2D eigenvalue weighted by Crippen LogP contribution is -2.82. The van der Waals surface area contributed by atoms with Gasteiger partial charge in [-0.2, -0.15) is 0 Å². The third kappa shape index (κ3) is 21.0. The van der Waals surface area contributed by atoms with Gasteiger partial charge in [0, 0.05) is 61.2 Å². The maximum Gasteiger partial charge on any atom is 0.408 e. The summed E-state index contributed by atoms with van der Waals surface area (Å²) in [6.07, 6.45) is -15.7. The number of carbonyl (C=O) groups excluding carboxylic acids is 8. The molecule has 794 valence electrons. The molecule has 0 aromatic heterocycles. The van der Waals surface area contributed by atoms with Gasteiger partial charge in [0.1, 0.15) is 71.2 Å². The molecule has 4 unspecified atom stereocenters. The predicted octanol–water partition coefficient (Wildman–Crippen LogP) is 18.5. The highest BCUT2D eigenvalue weighted by Gasteiger charge is 2.82. The largest absolute Gasteiger partial charge is 0.456 e. The predicted molar refractivity (Wildman–Crippen MR) is 543 cm³/mol. The van der Waals surface area contributed by atoms with Crippen LogP contribution in [0.2, 0.25) is 54.4 Å². The van der Waals surface area contributed by atoms with E-state index < -0.39 is 250 Å². The Balaban J connectivity index is 0.000000256. The lowest BCUT2D eigenvalue weighted by molar-refractivity contribution is -0.360. The van der Waals surface area contributed by atoms with Gasteiger partial charge in [0.05, 0.1) is 72.7 Å². The van der Waals surface area contributed by atoms with Crippen LogP contribution in [0.5, 0.6) is 0 Å². The zero-order valence-electron chi connectivity index (χ0n) is 88.7. The molecule has 4 aliphatic heterocycles. The smallest absolute Gasteiger partial charge is 0.408 e. The first-order valence-electron chi connectivity index (χ1n) is 51.4. The number of esters is 6. The summed E-state index contributed by atoms with van der Waals surface area (Å²) in [5.41, 5.74) is -10.5. The van der Waals surface area contributed by atoms with Crippen molar-refractivity contribution in [3.8, 4) is 0 Å². The summed E-state index contributed by atoms with van der Waals surface area (Å²) in [5, 5.41) is 46.3. The molecule has 10 aliphatic rings. The SMILES string of the molecule is C=CC1O[C@@H]2C3=C(C)[C@@H](OC(=O)[C@H](O)[C@@H](NC(=O)OC(C)(C)C)c4ccccc4)C[C@@](O)([C@@H](OC(=O)c4ccccc4)[C@H]4[C@@](C)([C@@H](O[Si](CC)(CC)CC)CC5OC[C@]54OC(C)=O)[C@@H]2O1)C3(C)C.C=CC1O[C@@H]2C3=C(C)[C@@H](OC(=O)[C@H](O[Si](CC)(CC)CC)[C@@H](NC(=O)OC(C)(C)C)c4ccccc4)C[C@@](O)([C@@H](OC(=O)c4ccccc4)[C@H]4[C@@](C)([C@@H](O[Si](CC)(CC)CC)CC5OC[C@]54OC(C)=O)[C@@H]2O1)C3(C)C.F. The molecule has 14 rings (SSSR count). The standard InChI is InChI=1S/C58H85NO14Si2.C52H71NO14Si.FH/c1-16-43-67-46-44-36(8)40(66-52(62)47(73-75(20-5,21-6)22-7)45(38-29-25-23-26-30-38)59-53(63)71-54(10,11)12)34-58(64,55(44,13)14)50(69-51(61)39-31-27-24-28-32-39)48-56(15,49(46)68-43)41(72-74(17-2,18-3)19-4)33-42-57(48,35-65-42)70-37(9)60;1-13-37-62-41-38-30(5)34(61-46(57)40(55)39(32-23-19-17-20-24-32)53-47(58)66-48(7,8)9)28-52(59,49(38,10)11)44(64-45(56)33-25-21-18-22-26-33)42-50(12,43(41)63-37)35(67-68(14-2,15-3)16-4)27-36-51(42,29-60-36)65-31(6)54;/h16,23-32,40-43,45-50,64H,1,17-22,33-35H2,2-15H3,(H,59,63);13,17-26,34-37,39-44,55,59H,1,14-16,27-29H2,2-12H3,(H,53,58);1H/t40-,41-,42?,43?,45-,46+,47+,48-,49+,50-,56+,57-,58+;34-,35-,36?,37?,39-,40+,41+,42-,43+,44-,50+,51-,52+;/m00./s1. The van der Waals surface area contributed by atoms with Crippen LogP contribution in [0.4, 0.5) is 14.3 Å². The van der Waals surface area contributed by atoms with Gasteiger partial charge >= 0.3 is 48.0 Å². The van der Waals surface area contributed by atoms with E-state index in [-0.39, 0.29) is 41.9 Å². The molecule has 0 radical (unpaired) electrons.